The predicted octanol–water partition coefficient (Wildman–Crippen LogP) is 4.52. The minimum Gasteiger partial charge on any atom is -0.489 e. The highest BCUT2D eigenvalue weighted by molar-refractivity contribution is 6.42. The van der Waals surface area contributed by atoms with E-state index in [4.69, 9.17) is 33.7 Å². The van der Waals surface area contributed by atoms with Crippen molar-refractivity contribution in [2.24, 2.45) is 5.73 Å². The molecule has 0 aromatic heterocycles. The number of rotatable bonds is 3. The third kappa shape index (κ3) is 2.78. The number of halogens is 2. The van der Waals surface area contributed by atoms with E-state index in [-0.39, 0.29) is 6.04 Å². The van der Waals surface area contributed by atoms with Crippen molar-refractivity contribution in [3.05, 3.63) is 63.1 Å². The lowest BCUT2D eigenvalue weighted by atomic mass is 10.1. The van der Waals surface area contributed by atoms with Gasteiger partial charge in [0.25, 0.3) is 0 Å². The van der Waals surface area contributed by atoms with Crippen LogP contribution in [0.5, 0.6) is 5.75 Å². The Morgan fingerprint density at radius 1 is 1.10 bits per heavy atom. The second-order valence-corrected chi connectivity index (χ2v) is 5.86. The molecule has 0 saturated heterocycles. The van der Waals surface area contributed by atoms with E-state index >= 15 is 0 Å². The van der Waals surface area contributed by atoms with Crippen LogP contribution >= 0.6 is 23.2 Å². The minimum atomic E-state index is 0.175. The van der Waals surface area contributed by atoms with E-state index < -0.39 is 0 Å². The van der Waals surface area contributed by atoms with Crippen molar-refractivity contribution in [2.45, 2.75) is 25.5 Å². The Hall–Kier alpha value is -1.22. The first kappa shape index (κ1) is 13.7. The van der Waals surface area contributed by atoms with E-state index in [1.807, 2.05) is 18.2 Å². The average molecular weight is 308 g/mol. The lowest BCUT2D eigenvalue weighted by Gasteiger charge is -2.10. The fourth-order valence-corrected chi connectivity index (χ4v) is 2.83. The smallest absolute Gasteiger partial charge is 0.120 e. The van der Waals surface area contributed by atoms with E-state index in [1.165, 1.54) is 11.1 Å². The molecule has 0 amide bonds. The van der Waals surface area contributed by atoms with Gasteiger partial charge in [-0.3, -0.25) is 0 Å². The molecule has 1 atom stereocenters. The Kier molecular flexibility index (Phi) is 3.88. The van der Waals surface area contributed by atoms with Gasteiger partial charge in [-0.15, -0.1) is 0 Å². The lowest BCUT2D eigenvalue weighted by Crippen LogP contribution is -2.05. The van der Waals surface area contributed by atoms with Gasteiger partial charge in [0, 0.05) is 6.04 Å². The van der Waals surface area contributed by atoms with Crippen LogP contribution in [0.4, 0.5) is 0 Å². The van der Waals surface area contributed by atoms with E-state index in [9.17, 15) is 0 Å². The SMILES string of the molecule is N[C@H]1CCc2cc(OCc3ccc(Cl)c(Cl)c3)ccc21. The summed E-state index contributed by atoms with van der Waals surface area (Å²) in [5.74, 6) is 0.865. The molecule has 3 rings (SSSR count). The molecule has 2 N–H and O–H groups in total. The number of hydrogen-bond acceptors (Lipinski definition) is 2. The second kappa shape index (κ2) is 5.65. The molecule has 0 heterocycles. The molecular weight excluding hydrogens is 293 g/mol. The quantitative estimate of drug-likeness (QED) is 0.905. The van der Waals surface area contributed by atoms with Gasteiger partial charge in [-0.05, 0) is 53.8 Å². The van der Waals surface area contributed by atoms with Gasteiger partial charge < -0.3 is 10.5 Å². The average Bonchev–Trinajstić information content (AvgIpc) is 2.81. The molecule has 2 aromatic rings. The van der Waals surface area contributed by atoms with Gasteiger partial charge in [-0.1, -0.05) is 35.3 Å². The van der Waals surface area contributed by atoms with Gasteiger partial charge in [0.1, 0.15) is 12.4 Å². The van der Waals surface area contributed by atoms with Crippen LogP contribution < -0.4 is 10.5 Å². The molecule has 0 fully saturated rings. The molecule has 0 spiro atoms. The molecule has 20 heavy (non-hydrogen) atoms. The monoisotopic (exact) mass is 307 g/mol. The van der Waals surface area contributed by atoms with Crippen molar-refractivity contribution >= 4 is 23.2 Å². The molecule has 2 aromatic carbocycles. The van der Waals surface area contributed by atoms with Gasteiger partial charge in [0.15, 0.2) is 0 Å². The Balaban J connectivity index is 1.71. The summed E-state index contributed by atoms with van der Waals surface area (Å²) in [6.45, 7) is 0.474. The molecule has 1 aliphatic rings. The van der Waals surface area contributed by atoms with Crippen molar-refractivity contribution in [3.8, 4) is 5.75 Å². The van der Waals surface area contributed by atoms with Crippen LogP contribution in [0.1, 0.15) is 29.2 Å². The number of fused-ring (bicyclic) bond motifs is 1. The summed E-state index contributed by atoms with van der Waals surface area (Å²) in [6.07, 6.45) is 2.05. The zero-order chi connectivity index (χ0) is 14.1. The highest BCUT2D eigenvalue weighted by Crippen LogP contribution is 2.32. The normalized spacial score (nSPS) is 17.1. The molecular formula is C16H15Cl2NO. The van der Waals surface area contributed by atoms with E-state index in [1.54, 1.807) is 6.07 Å². The Labute approximate surface area is 128 Å². The standard InChI is InChI=1S/C16H15Cl2NO/c17-14-5-1-10(7-15(14)18)9-20-12-3-4-13-11(8-12)2-6-16(13)19/h1,3-5,7-8,16H,2,6,9,19H2/t16-/m0/s1. The highest BCUT2D eigenvalue weighted by Gasteiger charge is 2.19. The second-order valence-electron chi connectivity index (χ2n) is 5.04. The zero-order valence-corrected chi connectivity index (χ0v) is 12.4. The van der Waals surface area contributed by atoms with Gasteiger partial charge in [0.05, 0.1) is 10.0 Å². The molecule has 0 bridgehead atoms. The van der Waals surface area contributed by atoms with Crippen LogP contribution in [0.25, 0.3) is 0 Å². The Morgan fingerprint density at radius 3 is 2.75 bits per heavy atom. The molecule has 0 saturated carbocycles. The van der Waals surface area contributed by atoms with Crippen LogP contribution in [0, 0.1) is 0 Å². The summed E-state index contributed by atoms with van der Waals surface area (Å²) >= 11 is 11.9. The van der Waals surface area contributed by atoms with Crippen LogP contribution in [0.2, 0.25) is 10.0 Å². The van der Waals surface area contributed by atoms with Crippen LogP contribution in [-0.2, 0) is 13.0 Å². The molecule has 104 valence electrons. The van der Waals surface area contributed by atoms with E-state index in [2.05, 4.69) is 12.1 Å². The first-order valence-corrected chi connectivity index (χ1v) is 7.34. The third-order valence-electron chi connectivity index (χ3n) is 3.63. The first-order valence-electron chi connectivity index (χ1n) is 6.58. The maximum atomic E-state index is 6.02. The summed E-state index contributed by atoms with van der Waals surface area (Å²) in [7, 11) is 0. The summed E-state index contributed by atoms with van der Waals surface area (Å²) in [5.41, 5.74) is 9.56. The van der Waals surface area contributed by atoms with Gasteiger partial charge in [0.2, 0.25) is 0 Å². The van der Waals surface area contributed by atoms with Crippen LogP contribution in [0.15, 0.2) is 36.4 Å². The van der Waals surface area contributed by atoms with Gasteiger partial charge in [-0.25, -0.2) is 0 Å². The van der Waals surface area contributed by atoms with Crippen LogP contribution in [0.3, 0.4) is 0 Å². The largest absolute Gasteiger partial charge is 0.489 e. The van der Waals surface area contributed by atoms with Crippen molar-refractivity contribution in [2.75, 3.05) is 0 Å². The van der Waals surface area contributed by atoms with Gasteiger partial charge in [-0.2, -0.15) is 0 Å². The maximum Gasteiger partial charge on any atom is 0.120 e. The van der Waals surface area contributed by atoms with Gasteiger partial charge >= 0.3 is 0 Å². The summed E-state index contributed by atoms with van der Waals surface area (Å²) in [6, 6.07) is 11.8. The Bertz CT molecular complexity index is 642. The zero-order valence-electron chi connectivity index (χ0n) is 10.9. The maximum absolute atomic E-state index is 6.02. The predicted molar refractivity (Wildman–Crippen MR) is 82.5 cm³/mol. The first-order chi connectivity index (χ1) is 9.63. The van der Waals surface area contributed by atoms with E-state index in [0.29, 0.717) is 16.7 Å². The fourth-order valence-electron chi connectivity index (χ4n) is 2.51. The summed E-state index contributed by atoms with van der Waals surface area (Å²) in [4.78, 5) is 0. The van der Waals surface area contributed by atoms with E-state index in [0.717, 1.165) is 24.2 Å². The highest BCUT2D eigenvalue weighted by atomic mass is 35.5. The summed E-state index contributed by atoms with van der Waals surface area (Å²) in [5, 5.41) is 1.11. The molecule has 0 radical (unpaired) electrons. The number of nitrogens with two attached hydrogens (primary N) is 1. The van der Waals surface area contributed by atoms with Crippen molar-refractivity contribution in [1.29, 1.82) is 0 Å². The third-order valence-corrected chi connectivity index (χ3v) is 4.37. The summed E-state index contributed by atoms with van der Waals surface area (Å²) < 4.78 is 5.80. The molecule has 1 aliphatic carbocycles. The molecule has 2 nitrogen and oxygen atoms in total. The number of aryl methyl sites for hydroxylation is 1. The number of ether oxygens (including phenoxy) is 1. The minimum absolute atomic E-state index is 0.175. The number of hydrogen-bond donors (Lipinski definition) is 1. The number of benzene rings is 2. The van der Waals surface area contributed by atoms with Crippen LogP contribution in [-0.4, -0.2) is 0 Å². The van der Waals surface area contributed by atoms with Crippen molar-refractivity contribution in [3.63, 3.8) is 0 Å². The molecule has 0 aliphatic heterocycles. The molecule has 0 unspecified atom stereocenters. The topological polar surface area (TPSA) is 35.2 Å². The fraction of sp³-hybridized carbons (Fsp3) is 0.250. The molecule has 4 heteroatoms. The lowest BCUT2D eigenvalue weighted by molar-refractivity contribution is 0.306. The van der Waals surface area contributed by atoms with Crippen molar-refractivity contribution in [1.82, 2.24) is 0 Å². The van der Waals surface area contributed by atoms with Crippen molar-refractivity contribution < 1.29 is 4.74 Å². The Morgan fingerprint density at radius 2 is 1.95 bits per heavy atom.